The Labute approximate surface area is 562 Å². The molecular weight excluding hydrogens is 1290 g/mol. The second-order valence-electron chi connectivity index (χ2n) is 27.6. The zero-order valence-corrected chi connectivity index (χ0v) is 59.2. The molecule has 9 aromatic rings. The van der Waals surface area contributed by atoms with E-state index in [1.165, 1.54) is 57.7 Å². The first kappa shape index (κ1) is 70.3. The summed E-state index contributed by atoms with van der Waals surface area (Å²) in [4.78, 5) is 12.0. The van der Waals surface area contributed by atoms with Crippen molar-refractivity contribution in [2.45, 2.75) is 152 Å². The van der Waals surface area contributed by atoms with Crippen LogP contribution in [-0.4, -0.2) is 88.9 Å². The topological polar surface area (TPSA) is 280 Å². The van der Waals surface area contributed by atoms with Gasteiger partial charge in [-0.3, -0.25) is 0 Å². The number of aryl methyl sites for hydroxylation is 3. The second kappa shape index (κ2) is 26.8. The molecule has 21 nitrogen and oxygen atoms in total. The average molecular weight is 1370 g/mol. The molecule has 1 aliphatic rings. The predicted molar refractivity (Wildman–Crippen MR) is 358 cm³/mol. The lowest BCUT2D eigenvalue weighted by Crippen LogP contribution is -2.16. The Bertz CT molecular complexity index is 4190. The first-order valence-corrected chi connectivity index (χ1v) is 35.4. The summed E-state index contributed by atoms with van der Waals surface area (Å²) in [7, 11) is -5.82. The molecule has 0 saturated heterocycles. The van der Waals surface area contributed by atoms with Crippen LogP contribution >= 0.6 is 0 Å². The molecule has 0 atom stereocenters. The van der Waals surface area contributed by atoms with E-state index in [0.29, 0.717) is 68.1 Å². The van der Waals surface area contributed by atoms with Gasteiger partial charge >= 0.3 is 0 Å². The van der Waals surface area contributed by atoms with E-state index in [1.807, 2.05) is 120 Å². The summed E-state index contributed by atoms with van der Waals surface area (Å²) < 4.78 is 168. The van der Waals surface area contributed by atoms with Crippen molar-refractivity contribution in [1.29, 1.82) is 0 Å². The maximum absolute atomic E-state index is 13.6. The van der Waals surface area contributed by atoms with Crippen LogP contribution in [0.15, 0.2) is 125 Å². The number of nitrogens with zero attached hydrogens (tertiary/aromatic N) is 6. The van der Waals surface area contributed by atoms with Crippen molar-refractivity contribution in [3.05, 3.63) is 211 Å². The molecule has 10 rings (SSSR count). The molecule has 0 aliphatic heterocycles. The van der Waals surface area contributed by atoms with E-state index in [2.05, 4.69) is 15.0 Å². The van der Waals surface area contributed by atoms with E-state index >= 15 is 0 Å². The average Bonchev–Trinajstić information content (AvgIpc) is 0.801. The minimum atomic E-state index is -5.21. The number of hydrogen-bond donors (Lipinski definition) is 0. The van der Waals surface area contributed by atoms with Gasteiger partial charge in [0.05, 0.1) is 36.0 Å². The number of methoxy groups -OCH3 is 3. The number of fused-ring (bicyclic) bond motifs is 12. The lowest BCUT2D eigenvalue weighted by molar-refractivity contribution is 0.286. The van der Waals surface area contributed by atoms with Crippen LogP contribution in [-0.2, 0) is 126 Å². The first-order valence-electron chi connectivity index (χ1n) is 31.1. The van der Waals surface area contributed by atoms with Gasteiger partial charge in [0.25, 0.3) is 0 Å². The first-order chi connectivity index (χ1) is 44.9. The molecule has 0 saturated carbocycles. The summed E-state index contributed by atoms with van der Waals surface area (Å²) >= 11 is 0. The number of imidazole rings is 3. The van der Waals surface area contributed by atoms with Crippen molar-refractivity contribution in [3.8, 4) is 34.5 Å². The van der Waals surface area contributed by atoms with E-state index in [0.717, 1.165) is 16.7 Å². The van der Waals surface area contributed by atoms with E-state index < -0.39 is 61.3 Å². The van der Waals surface area contributed by atoms with Gasteiger partial charge in [-0.2, -0.15) is 0 Å². The van der Waals surface area contributed by atoms with E-state index in [1.54, 1.807) is 50.9 Å². The zero-order chi connectivity index (χ0) is 69.8. The van der Waals surface area contributed by atoms with Gasteiger partial charge in [0.2, 0.25) is 0 Å². The molecule has 0 N–H and O–H groups in total. The summed E-state index contributed by atoms with van der Waals surface area (Å²) in [5.41, 5.74) is 5.46. The molecule has 3 aromatic heterocycles. The van der Waals surface area contributed by atoms with Crippen LogP contribution in [0.5, 0.6) is 34.5 Å². The highest BCUT2D eigenvalue weighted by atomic mass is 32.2. The smallest absolute Gasteiger partial charge is 0.146 e. The Balaban J connectivity index is 1.35. The molecular formula is C72H81N6O15S3-3. The Morgan fingerprint density at radius 1 is 0.344 bits per heavy atom. The Morgan fingerprint density at radius 3 is 0.677 bits per heavy atom. The largest absolute Gasteiger partial charge is 0.744 e. The van der Waals surface area contributed by atoms with Crippen LogP contribution in [0.3, 0.4) is 0 Å². The molecule has 0 amide bonds. The Morgan fingerprint density at radius 2 is 0.531 bits per heavy atom. The van der Waals surface area contributed by atoms with Crippen LogP contribution in [0.2, 0.25) is 0 Å². The van der Waals surface area contributed by atoms with Crippen molar-refractivity contribution in [2.75, 3.05) is 21.3 Å². The summed E-state index contributed by atoms with van der Waals surface area (Å²) in [5.74, 6) is 3.25. The minimum absolute atomic E-state index is 0.0718. The number of aromatic nitrogens is 6. The molecule has 96 heavy (non-hydrogen) atoms. The number of hydrogen-bond acceptors (Lipinski definition) is 18. The number of benzene rings is 6. The zero-order valence-electron chi connectivity index (χ0n) is 56.8. The maximum atomic E-state index is 13.6. The lowest BCUT2D eigenvalue weighted by Gasteiger charge is -2.27. The molecule has 0 spiro atoms. The molecule has 0 radical (unpaired) electrons. The minimum Gasteiger partial charge on any atom is -0.744 e. The van der Waals surface area contributed by atoms with Crippen molar-refractivity contribution in [1.82, 2.24) is 28.7 Å². The van der Waals surface area contributed by atoms with Gasteiger partial charge in [0.15, 0.2) is 0 Å². The molecule has 6 aromatic carbocycles. The van der Waals surface area contributed by atoms with Gasteiger partial charge in [0.1, 0.15) is 102 Å². The van der Waals surface area contributed by atoms with Gasteiger partial charge in [0, 0.05) is 130 Å². The van der Waals surface area contributed by atoms with E-state index in [4.69, 9.17) is 28.4 Å². The standard InChI is InChI=1S/C72H84N6O15S3/c1-70(2,3)55-28-43-22-49-34-58(94(79,80)81)36-51(64(49)88-13)24-45-30-56(71(4,5)6)32-47(68(45)92-41-62-74-17-20-77(62)11)26-53-38-60(96(85,86)87)39-54(66(53)90-15)27-48-33-57(72(7,8)9)31-46(69(48)93-42-63-75-18-21-78(63)12)25-52-37-59(95(82,83)84)35-50(65(52)89-14)23-44(29-55)67(43)91-40-61-73-16-19-76(61)10/h16-21,28-39H,22-27,40-42H2,1-15H3,(H,79,80,81)(H,82,83,84)(H,85,86,87)/p-3. The SMILES string of the molecule is COc1c2cc(S(=O)(=O)[O-])cc1Cc1cc(C(C)(C)C)cc(c1OCc1nccn1C)Cc1cc(S(=O)(=O)[O-])cc(c1OC)Cc1cc(C(C)(C)C)cc(c1OCc1nccn1C)Cc1cc(S(=O)(=O)[O-])cc(c1OC)Cc1cc(C(C)(C)C)cc(c1OCc1nccn1C)C2. The van der Waals surface area contributed by atoms with Crippen molar-refractivity contribution >= 4 is 30.4 Å². The summed E-state index contributed by atoms with van der Waals surface area (Å²) in [6.07, 6.45) is 9.59. The lowest BCUT2D eigenvalue weighted by atomic mass is 9.81. The number of rotatable bonds is 15. The van der Waals surface area contributed by atoms with Gasteiger partial charge in [-0.15, -0.1) is 0 Å². The highest BCUT2D eigenvalue weighted by molar-refractivity contribution is 7.86. The Kier molecular flexibility index (Phi) is 19.6. The Hall–Kier alpha value is -8.52. The fourth-order valence-electron chi connectivity index (χ4n) is 12.3. The quantitative estimate of drug-likeness (QED) is 0.0862. The number of ether oxygens (including phenoxy) is 6. The molecule has 1 aliphatic carbocycles. The molecule has 3 heterocycles. The highest BCUT2D eigenvalue weighted by Gasteiger charge is 2.31. The van der Waals surface area contributed by atoms with E-state index in [9.17, 15) is 38.9 Å². The normalized spacial score (nSPS) is 13.4. The fraction of sp³-hybridized carbons (Fsp3) is 0.375. The third-order valence-electron chi connectivity index (χ3n) is 17.5. The van der Waals surface area contributed by atoms with Crippen LogP contribution in [0.4, 0.5) is 0 Å². The molecule has 0 fully saturated rings. The second-order valence-corrected chi connectivity index (χ2v) is 31.7. The van der Waals surface area contributed by atoms with Crippen LogP contribution in [0, 0.1) is 0 Å². The third-order valence-corrected chi connectivity index (χ3v) is 20.0. The van der Waals surface area contributed by atoms with Crippen molar-refractivity contribution in [2.24, 2.45) is 21.1 Å². The maximum Gasteiger partial charge on any atom is 0.146 e. The van der Waals surface area contributed by atoms with Gasteiger partial charge in [-0.1, -0.05) is 98.7 Å². The molecule has 24 heteroatoms. The van der Waals surface area contributed by atoms with Gasteiger partial charge in [-0.05, 0) is 103 Å². The molecule has 12 bridgehead atoms. The monoisotopic (exact) mass is 1370 g/mol. The van der Waals surface area contributed by atoms with Crippen LogP contribution in [0.25, 0.3) is 0 Å². The van der Waals surface area contributed by atoms with Crippen molar-refractivity contribution < 1.29 is 67.3 Å². The van der Waals surface area contributed by atoms with Crippen molar-refractivity contribution in [3.63, 3.8) is 0 Å². The molecule has 510 valence electrons. The van der Waals surface area contributed by atoms with Gasteiger partial charge in [-0.25, -0.2) is 40.2 Å². The third kappa shape index (κ3) is 15.5. The summed E-state index contributed by atoms with van der Waals surface area (Å²) in [6, 6.07) is 19.4. The summed E-state index contributed by atoms with van der Waals surface area (Å²) in [5, 5.41) is 0. The van der Waals surface area contributed by atoms with E-state index in [-0.39, 0.29) is 109 Å². The molecule has 0 unspecified atom stereocenters. The predicted octanol–water partition coefficient (Wildman–Crippen LogP) is 11.1. The highest BCUT2D eigenvalue weighted by Crippen LogP contribution is 2.45. The van der Waals surface area contributed by atoms with Crippen LogP contribution in [0.1, 0.15) is 163 Å². The van der Waals surface area contributed by atoms with Gasteiger partial charge < -0.3 is 55.8 Å². The van der Waals surface area contributed by atoms with Crippen LogP contribution < -0.4 is 28.4 Å². The fourth-order valence-corrected chi connectivity index (χ4v) is 14.0. The summed E-state index contributed by atoms with van der Waals surface area (Å²) in [6.45, 7) is 18.0.